The maximum atomic E-state index is 8.85. The fourth-order valence-corrected chi connectivity index (χ4v) is 3.20. The first-order chi connectivity index (χ1) is 11.7. The number of anilines is 1. The molecule has 0 aromatic heterocycles. The highest BCUT2D eigenvalue weighted by molar-refractivity contribution is 6.30. The van der Waals surface area contributed by atoms with Crippen LogP contribution in [-0.2, 0) is 0 Å². The summed E-state index contributed by atoms with van der Waals surface area (Å²) in [6.07, 6.45) is 0. The van der Waals surface area contributed by atoms with E-state index in [2.05, 4.69) is 41.4 Å². The van der Waals surface area contributed by atoms with Crippen LogP contribution in [0.2, 0.25) is 5.02 Å². The van der Waals surface area contributed by atoms with Gasteiger partial charge in [0.25, 0.3) is 0 Å². The number of nitrogens with one attached hydrogen (secondary N) is 1. The first kappa shape index (κ1) is 17.1. The number of hydrogen-bond donors (Lipinski definition) is 2. The van der Waals surface area contributed by atoms with E-state index in [0.717, 1.165) is 23.9 Å². The quantitative estimate of drug-likeness (QED) is 0.872. The molecule has 2 atom stereocenters. The van der Waals surface area contributed by atoms with Gasteiger partial charge in [0.1, 0.15) is 12.4 Å². The number of ether oxygens (including phenoxy) is 1. The Morgan fingerprint density at radius 1 is 1.17 bits per heavy atom. The van der Waals surface area contributed by atoms with Gasteiger partial charge in [-0.3, -0.25) is 0 Å². The Balaban J connectivity index is 1.82. The van der Waals surface area contributed by atoms with Crippen molar-refractivity contribution in [1.29, 1.82) is 0 Å². The molecule has 24 heavy (non-hydrogen) atoms. The molecule has 0 bridgehead atoms. The van der Waals surface area contributed by atoms with Crippen LogP contribution in [0.3, 0.4) is 0 Å². The van der Waals surface area contributed by atoms with Crippen molar-refractivity contribution in [3.05, 3.63) is 59.1 Å². The largest absolute Gasteiger partial charge is 0.491 e. The third kappa shape index (κ3) is 4.01. The van der Waals surface area contributed by atoms with E-state index in [1.165, 1.54) is 11.3 Å². The minimum Gasteiger partial charge on any atom is -0.491 e. The zero-order chi connectivity index (χ0) is 16.9. The van der Waals surface area contributed by atoms with Crippen molar-refractivity contribution in [2.75, 3.05) is 31.2 Å². The lowest BCUT2D eigenvalue weighted by Crippen LogP contribution is -2.51. The van der Waals surface area contributed by atoms with E-state index >= 15 is 0 Å². The van der Waals surface area contributed by atoms with Crippen LogP contribution in [0, 0.1) is 0 Å². The third-order valence-corrected chi connectivity index (χ3v) is 4.54. The molecule has 1 heterocycles. The number of halogens is 1. The van der Waals surface area contributed by atoms with Crippen LogP contribution < -0.4 is 15.0 Å². The first-order valence-electron chi connectivity index (χ1n) is 8.26. The van der Waals surface area contributed by atoms with Crippen molar-refractivity contribution in [2.24, 2.45) is 0 Å². The summed E-state index contributed by atoms with van der Waals surface area (Å²) in [5.74, 6) is 0.777. The molecule has 4 nitrogen and oxygen atoms in total. The Hall–Kier alpha value is -1.75. The lowest BCUT2D eigenvalue weighted by molar-refractivity contribution is 0.201. The summed E-state index contributed by atoms with van der Waals surface area (Å²) < 4.78 is 5.45. The molecule has 0 amide bonds. The molecule has 5 heteroatoms. The topological polar surface area (TPSA) is 44.7 Å². The zero-order valence-corrected chi connectivity index (χ0v) is 14.5. The van der Waals surface area contributed by atoms with E-state index < -0.39 is 0 Å². The van der Waals surface area contributed by atoms with Gasteiger partial charge in [0.15, 0.2) is 0 Å². The second-order valence-electron chi connectivity index (χ2n) is 6.09. The minimum absolute atomic E-state index is 0.0235. The summed E-state index contributed by atoms with van der Waals surface area (Å²) in [6, 6.07) is 16.8. The Morgan fingerprint density at radius 3 is 2.54 bits per heavy atom. The molecule has 0 spiro atoms. The molecule has 0 radical (unpaired) electrons. The first-order valence-corrected chi connectivity index (χ1v) is 8.64. The number of benzene rings is 2. The third-order valence-electron chi connectivity index (χ3n) is 4.29. The highest BCUT2D eigenvalue weighted by atomic mass is 35.5. The number of aliphatic hydroxyl groups excluding tert-OH is 1. The molecule has 0 unspecified atom stereocenters. The van der Waals surface area contributed by atoms with E-state index in [0.29, 0.717) is 12.6 Å². The van der Waals surface area contributed by atoms with Crippen molar-refractivity contribution in [2.45, 2.75) is 19.0 Å². The van der Waals surface area contributed by atoms with Gasteiger partial charge in [-0.05, 0) is 48.9 Å². The molecule has 1 saturated heterocycles. The summed E-state index contributed by atoms with van der Waals surface area (Å²) in [6.45, 7) is 4.37. The molecule has 0 saturated carbocycles. The summed E-state index contributed by atoms with van der Waals surface area (Å²) in [7, 11) is 0. The van der Waals surface area contributed by atoms with E-state index in [-0.39, 0.29) is 12.6 Å². The normalized spacial score (nSPS) is 20.9. The van der Waals surface area contributed by atoms with Crippen LogP contribution in [0.25, 0.3) is 0 Å². The molecule has 1 aliphatic rings. The standard InChI is InChI=1S/C19H23ClN2O2/c1-14-13-22(17-6-8-18(9-7-17)24-11-10-23)19(12-21-14)15-2-4-16(20)5-3-15/h2-9,14,19,21,23H,10-13H2,1H3/t14-,19+/m1/s1. The second kappa shape index (κ2) is 7.88. The molecule has 1 aliphatic heterocycles. The van der Waals surface area contributed by atoms with Gasteiger partial charge in [-0.2, -0.15) is 0 Å². The smallest absolute Gasteiger partial charge is 0.119 e. The maximum Gasteiger partial charge on any atom is 0.119 e. The number of hydrogen-bond acceptors (Lipinski definition) is 4. The van der Waals surface area contributed by atoms with Gasteiger partial charge in [0, 0.05) is 29.8 Å². The summed E-state index contributed by atoms with van der Waals surface area (Å²) >= 11 is 6.03. The SMILES string of the molecule is C[C@@H]1CN(c2ccc(OCCO)cc2)[C@H](c2ccc(Cl)cc2)CN1. The zero-order valence-electron chi connectivity index (χ0n) is 13.8. The van der Waals surface area contributed by atoms with Gasteiger partial charge in [-0.15, -0.1) is 0 Å². The second-order valence-corrected chi connectivity index (χ2v) is 6.53. The average Bonchev–Trinajstić information content (AvgIpc) is 2.61. The predicted octanol–water partition coefficient (Wildman–Crippen LogP) is 3.25. The van der Waals surface area contributed by atoms with Gasteiger partial charge < -0.3 is 20.1 Å². The molecule has 2 aromatic rings. The van der Waals surface area contributed by atoms with Crippen molar-refractivity contribution < 1.29 is 9.84 Å². The van der Waals surface area contributed by atoms with Crippen LogP contribution in [0.15, 0.2) is 48.5 Å². The van der Waals surface area contributed by atoms with Crippen molar-refractivity contribution in [3.63, 3.8) is 0 Å². The van der Waals surface area contributed by atoms with Gasteiger partial charge >= 0.3 is 0 Å². The molecule has 2 aromatic carbocycles. The summed E-state index contributed by atoms with van der Waals surface area (Å²) in [4.78, 5) is 2.42. The summed E-state index contributed by atoms with van der Waals surface area (Å²) in [5.41, 5.74) is 2.42. The lowest BCUT2D eigenvalue weighted by atomic mass is 10.0. The van der Waals surface area contributed by atoms with Crippen molar-refractivity contribution in [1.82, 2.24) is 5.32 Å². The van der Waals surface area contributed by atoms with E-state index in [4.69, 9.17) is 21.4 Å². The van der Waals surface area contributed by atoms with E-state index in [1.807, 2.05) is 24.3 Å². The fraction of sp³-hybridized carbons (Fsp3) is 0.368. The predicted molar refractivity (Wildman–Crippen MR) is 98.0 cm³/mol. The summed E-state index contributed by atoms with van der Waals surface area (Å²) in [5, 5.41) is 13.2. The molecule has 0 aliphatic carbocycles. The molecular formula is C19H23ClN2O2. The number of rotatable bonds is 5. The van der Waals surface area contributed by atoms with Gasteiger partial charge in [0.2, 0.25) is 0 Å². The molecule has 2 N–H and O–H groups in total. The number of nitrogens with zero attached hydrogens (tertiary/aromatic N) is 1. The number of aliphatic hydroxyl groups is 1. The van der Waals surface area contributed by atoms with Gasteiger partial charge in [-0.1, -0.05) is 23.7 Å². The monoisotopic (exact) mass is 346 g/mol. The highest BCUT2D eigenvalue weighted by Gasteiger charge is 2.27. The fourth-order valence-electron chi connectivity index (χ4n) is 3.08. The van der Waals surface area contributed by atoms with Gasteiger partial charge in [0.05, 0.1) is 12.6 Å². The molecular weight excluding hydrogens is 324 g/mol. The highest BCUT2D eigenvalue weighted by Crippen LogP contribution is 2.31. The van der Waals surface area contributed by atoms with Crippen molar-refractivity contribution in [3.8, 4) is 5.75 Å². The molecule has 128 valence electrons. The van der Waals surface area contributed by atoms with E-state index in [9.17, 15) is 0 Å². The van der Waals surface area contributed by atoms with Gasteiger partial charge in [-0.25, -0.2) is 0 Å². The maximum absolute atomic E-state index is 8.85. The molecule has 3 rings (SSSR count). The Kier molecular flexibility index (Phi) is 5.61. The average molecular weight is 347 g/mol. The van der Waals surface area contributed by atoms with Crippen LogP contribution in [-0.4, -0.2) is 37.5 Å². The lowest BCUT2D eigenvalue weighted by Gasteiger charge is -2.41. The van der Waals surface area contributed by atoms with Crippen LogP contribution in [0.4, 0.5) is 5.69 Å². The molecule has 1 fully saturated rings. The van der Waals surface area contributed by atoms with Crippen molar-refractivity contribution >= 4 is 17.3 Å². The Morgan fingerprint density at radius 2 is 1.88 bits per heavy atom. The van der Waals surface area contributed by atoms with E-state index in [1.54, 1.807) is 0 Å². The Labute approximate surface area is 148 Å². The number of piperazine rings is 1. The minimum atomic E-state index is 0.0235. The van der Waals surface area contributed by atoms with Crippen LogP contribution in [0.5, 0.6) is 5.75 Å². The van der Waals surface area contributed by atoms with Crippen LogP contribution in [0.1, 0.15) is 18.5 Å². The Bertz CT molecular complexity index is 645. The van der Waals surface area contributed by atoms with Crippen LogP contribution >= 0.6 is 11.6 Å².